The third-order valence-corrected chi connectivity index (χ3v) is 3.84. The van der Waals surface area contributed by atoms with Gasteiger partial charge in [0.1, 0.15) is 5.54 Å². The van der Waals surface area contributed by atoms with E-state index in [0.29, 0.717) is 11.3 Å². The van der Waals surface area contributed by atoms with Crippen molar-refractivity contribution < 1.29 is 19.1 Å². The first-order valence-corrected chi connectivity index (χ1v) is 7.21. The minimum absolute atomic E-state index is 0.335. The third-order valence-electron chi connectivity index (χ3n) is 3.84. The van der Waals surface area contributed by atoms with Crippen LogP contribution in [-0.2, 0) is 14.3 Å². The maximum Gasteiger partial charge on any atom is 0.330 e. The van der Waals surface area contributed by atoms with Crippen LogP contribution in [0.4, 0.5) is 10.5 Å². The molecule has 6 nitrogen and oxygen atoms in total. The minimum atomic E-state index is -0.959. The average Bonchev–Trinajstić information content (AvgIpc) is 2.68. The van der Waals surface area contributed by atoms with Gasteiger partial charge in [-0.3, -0.25) is 4.79 Å². The van der Waals surface area contributed by atoms with Crippen molar-refractivity contribution in [2.24, 2.45) is 0 Å². The van der Waals surface area contributed by atoms with E-state index < -0.39 is 17.5 Å². The number of esters is 1. The van der Waals surface area contributed by atoms with Crippen LogP contribution < -0.4 is 10.2 Å². The van der Waals surface area contributed by atoms with Crippen molar-refractivity contribution in [3.8, 4) is 0 Å². The summed E-state index contributed by atoms with van der Waals surface area (Å²) >= 11 is 0. The highest BCUT2D eigenvalue weighted by Gasteiger charge is 2.45. The Morgan fingerprint density at radius 2 is 1.83 bits per heavy atom. The molecule has 1 N–H and O–H groups in total. The molecule has 1 aromatic carbocycles. The van der Waals surface area contributed by atoms with Crippen molar-refractivity contribution in [1.82, 2.24) is 5.32 Å². The summed E-state index contributed by atoms with van der Waals surface area (Å²) in [6.07, 6.45) is 2.80. The van der Waals surface area contributed by atoms with Crippen molar-refractivity contribution in [3.05, 3.63) is 34.9 Å². The SMILES string of the molecule is COC(=O)/C=C/c1cc(C)c(C)cc1N1C(=O)NC(C)(C)C1=O. The molecule has 6 heteroatoms. The van der Waals surface area contributed by atoms with Gasteiger partial charge in [0.05, 0.1) is 12.8 Å². The monoisotopic (exact) mass is 316 g/mol. The van der Waals surface area contributed by atoms with Crippen molar-refractivity contribution in [3.63, 3.8) is 0 Å². The van der Waals surface area contributed by atoms with Crippen LogP contribution >= 0.6 is 0 Å². The maximum absolute atomic E-state index is 12.5. The lowest BCUT2D eigenvalue weighted by atomic mass is 10.0. The first-order chi connectivity index (χ1) is 10.7. The molecule has 23 heavy (non-hydrogen) atoms. The van der Waals surface area contributed by atoms with Gasteiger partial charge in [-0.15, -0.1) is 0 Å². The second-order valence-electron chi connectivity index (χ2n) is 6.05. The van der Waals surface area contributed by atoms with E-state index in [9.17, 15) is 14.4 Å². The lowest BCUT2D eigenvalue weighted by molar-refractivity contribution is -0.134. The van der Waals surface area contributed by atoms with E-state index in [2.05, 4.69) is 10.1 Å². The fourth-order valence-corrected chi connectivity index (χ4v) is 2.34. The summed E-state index contributed by atoms with van der Waals surface area (Å²) in [6, 6.07) is 3.12. The van der Waals surface area contributed by atoms with E-state index in [0.717, 1.165) is 16.0 Å². The highest BCUT2D eigenvalue weighted by molar-refractivity contribution is 6.23. The molecule has 2 rings (SSSR count). The zero-order valence-electron chi connectivity index (χ0n) is 13.9. The fraction of sp³-hybridized carbons (Fsp3) is 0.353. The molecule has 1 aliphatic rings. The molecule has 0 spiro atoms. The molecule has 1 fully saturated rings. The second-order valence-corrected chi connectivity index (χ2v) is 6.05. The largest absolute Gasteiger partial charge is 0.466 e. The van der Waals surface area contributed by atoms with Crippen LogP contribution in [0.2, 0.25) is 0 Å². The van der Waals surface area contributed by atoms with Crippen LogP contribution in [0.5, 0.6) is 0 Å². The Kier molecular flexibility index (Phi) is 4.27. The molecule has 122 valence electrons. The molecule has 0 saturated carbocycles. The summed E-state index contributed by atoms with van der Waals surface area (Å²) in [7, 11) is 1.29. The van der Waals surface area contributed by atoms with Gasteiger partial charge in [-0.05, 0) is 62.6 Å². The summed E-state index contributed by atoms with van der Waals surface area (Å²) in [6.45, 7) is 7.12. The van der Waals surface area contributed by atoms with E-state index in [1.165, 1.54) is 13.2 Å². The number of methoxy groups -OCH3 is 1. The Labute approximate surface area is 135 Å². The van der Waals surface area contributed by atoms with Crippen LogP contribution in [0.1, 0.15) is 30.5 Å². The number of anilines is 1. The van der Waals surface area contributed by atoms with E-state index in [1.807, 2.05) is 19.9 Å². The van der Waals surface area contributed by atoms with E-state index >= 15 is 0 Å². The average molecular weight is 316 g/mol. The number of hydrogen-bond acceptors (Lipinski definition) is 4. The molecule has 1 saturated heterocycles. The van der Waals surface area contributed by atoms with Crippen molar-refractivity contribution in [2.75, 3.05) is 12.0 Å². The predicted octanol–water partition coefficient (Wildman–Crippen LogP) is 2.32. The van der Waals surface area contributed by atoms with Crippen LogP contribution in [0.25, 0.3) is 6.08 Å². The van der Waals surface area contributed by atoms with Gasteiger partial charge in [-0.2, -0.15) is 0 Å². The van der Waals surface area contributed by atoms with Crippen molar-refractivity contribution in [2.45, 2.75) is 33.2 Å². The number of rotatable bonds is 3. The van der Waals surface area contributed by atoms with Crippen LogP contribution in [0.3, 0.4) is 0 Å². The number of nitrogens with one attached hydrogen (secondary N) is 1. The quantitative estimate of drug-likeness (QED) is 0.527. The number of carbonyl (C=O) groups is 3. The summed E-state index contributed by atoms with van der Waals surface area (Å²) in [4.78, 5) is 37.2. The molecule has 0 aliphatic carbocycles. The number of aryl methyl sites for hydroxylation is 2. The Hall–Kier alpha value is -2.63. The fourth-order valence-electron chi connectivity index (χ4n) is 2.34. The molecule has 0 radical (unpaired) electrons. The van der Waals surface area contributed by atoms with Gasteiger partial charge >= 0.3 is 12.0 Å². The Morgan fingerprint density at radius 3 is 2.35 bits per heavy atom. The lowest BCUT2D eigenvalue weighted by Crippen LogP contribution is -2.40. The van der Waals surface area contributed by atoms with Gasteiger partial charge in [-0.1, -0.05) is 0 Å². The first-order valence-electron chi connectivity index (χ1n) is 7.21. The molecule has 0 aromatic heterocycles. The standard InChI is InChI=1S/C17H20N2O4/c1-10-8-12(6-7-14(20)23-5)13(9-11(10)2)19-15(21)17(3,4)18-16(19)22/h6-9H,1-5H3,(H,18,22)/b7-6+. The molecule has 1 aromatic rings. The molecule has 1 heterocycles. The van der Waals surface area contributed by atoms with Crippen LogP contribution in [0.15, 0.2) is 18.2 Å². The Balaban J connectivity index is 2.55. The van der Waals surface area contributed by atoms with Gasteiger partial charge in [0, 0.05) is 6.08 Å². The number of amides is 3. The third kappa shape index (κ3) is 3.11. The van der Waals surface area contributed by atoms with Crippen LogP contribution in [-0.4, -0.2) is 30.6 Å². The second kappa shape index (κ2) is 5.87. The van der Waals surface area contributed by atoms with Gasteiger partial charge in [0.2, 0.25) is 0 Å². The molecule has 0 bridgehead atoms. The smallest absolute Gasteiger partial charge is 0.330 e. The summed E-state index contributed by atoms with van der Waals surface area (Å²) in [5.74, 6) is -0.842. The summed E-state index contributed by atoms with van der Waals surface area (Å²) < 4.78 is 4.58. The van der Waals surface area contributed by atoms with E-state index in [-0.39, 0.29) is 5.91 Å². The number of benzene rings is 1. The van der Waals surface area contributed by atoms with Gasteiger partial charge < -0.3 is 10.1 Å². The number of carbonyl (C=O) groups excluding carboxylic acids is 3. The van der Waals surface area contributed by atoms with E-state index in [4.69, 9.17) is 0 Å². The van der Waals surface area contributed by atoms with Crippen LogP contribution in [0, 0.1) is 13.8 Å². The Bertz CT molecular complexity index is 720. The molecular formula is C17H20N2O4. The molecule has 0 unspecified atom stereocenters. The van der Waals surface area contributed by atoms with Gasteiger partial charge in [0.15, 0.2) is 0 Å². The first kappa shape index (κ1) is 16.7. The predicted molar refractivity (Wildman–Crippen MR) is 87.1 cm³/mol. The number of urea groups is 1. The maximum atomic E-state index is 12.5. The van der Waals surface area contributed by atoms with Crippen molar-refractivity contribution in [1.29, 1.82) is 0 Å². The van der Waals surface area contributed by atoms with E-state index in [1.54, 1.807) is 26.0 Å². The summed E-state index contributed by atoms with van der Waals surface area (Å²) in [5, 5.41) is 2.65. The number of nitrogens with zero attached hydrogens (tertiary/aromatic N) is 1. The lowest BCUT2D eigenvalue weighted by Gasteiger charge is -2.19. The number of ether oxygens (including phenoxy) is 1. The van der Waals surface area contributed by atoms with Crippen molar-refractivity contribution >= 4 is 29.7 Å². The zero-order chi connectivity index (χ0) is 17.4. The molecule has 0 atom stereocenters. The highest BCUT2D eigenvalue weighted by Crippen LogP contribution is 2.31. The normalized spacial score (nSPS) is 16.8. The zero-order valence-corrected chi connectivity index (χ0v) is 13.9. The topological polar surface area (TPSA) is 75.7 Å². The Morgan fingerprint density at radius 1 is 1.22 bits per heavy atom. The number of hydrogen-bond donors (Lipinski definition) is 1. The molecular weight excluding hydrogens is 296 g/mol. The van der Waals surface area contributed by atoms with Gasteiger partial charge in [0.25, 0.3) is 5.91 Å². The molecule has 1 aliphatic heterocycles. The summed E-state index contributed by atoms with van der Waals surface area (Å²) in [5.41, 5.74) is 2.02. The highest BCUT2D eigenvalue weighted by atomic mass is 16.5. The minimum Gasteiger partial charge on any atom is -0.466 e. The molecule has 3 amide bonds. The van der Waals surface area contributed by atoms with Gasteiger partial charge in [-0.25, -0.2) is 14.5 Å². The number of imide groups is 1.